The number of benzene rings is 1. The zero-order valence-electron chi connectivity index (χ0n) is 11.7. The summed E-state index contributed by atoms with van der Waals surface area (Å²) in [6.45, 7) is 6.27. The molecule has 1 aromatic carbocycles. The molecular weight excluding hydrogens is 238 g/mol. The Hall–Kier alpha value is -1.55. The molecular formula is C15H21N3O. The van der Waals surface area contributed by atoms with Crippen LogP contribution in [0.15, 0.2) is 18.2 Å². The molecule has 1 aliphatic heterocycles. The first-order valence-corrected chi connectivity index (χ1v) is 6.98. The summed E-state index contributed by atoms with van der Waals surface area (Å²) < 4.78 is 5.77. The van der Waals surface area contributed by atoms with E-state index in [9.17, 15) is 0 Å². The summed E-state index contributed by atoms with van der Waals surface area (Å²) in [7, 11) is 0. The zero-order valence-corrected chi connectivity index (χ0v) is 11.7. The van der Waals surface area contributed by atoms with Crippen LogP contribution in [0.5, 0.6) is 0 Å². The maximum Gasteiger partial charge on any atom is 0.104 e. The molecule has 102 valence electrons. The van der Waals surface area contributed by atoms with Crippen LogP contribution < -0.4 is 5.32 Å². The lowest BCUT2D eigenvalue weighted by molar-refractivity contribution is -0.0337. The summed E-state index contributed by atoms with van der Waals surface area (Å²) in [5.41, 5.74) is 3.27. The van der Waals surface area contributed by atoms with E-state index < -0.39 is 0 Å². The number of aryl methyl sites for hydroxylation is 1. The van der Waals surface area contributed by atoms with E-state index in [1.807, 2.05) is 6.92 Å². The van der Waals surface area contributed by atoms with Gasteiger partial charge in [-0.15, -0.1) is 0 Å². The van der Waals surface area contributed by atoms with Crippen molar-refractivity contribution in [3.8, 4) is 0 Å². The van der Waals surface area contributed by atoms with Crippen molar-refractivity contribution in [2.45, 2.75) is 51.9 Å². The molecule has 1 fully saturated rings. The Labute approximate surface area is 113 Å². The lowest BCUT2D eigenvalue weighted by atomic mass is 9.99. The molecule has 2 aromatic rings. The molecule has 4 nitrogen and oxygen atoms in total. The van der Waals surface area contributed by atoms with Crippen molar-refractivity contribution in [2.24, 2.45) is 0 Å². The van der Waals surface area contributed by atoms with Gasteiger partial charge in [-0.1, -0.05) is 0 Å². The normalized spacial score (nSPS) is 27.6. The fraction of sp³-hybridized carbons (Fsp3) is 0.533. The van der Waals surface area contributed by atoms with Crippen molar-refractivity contribution in [3.05, 3.63) is 24.0 Å². The molecule has 0 amide bonds. The first kappa shape index (κ1) is 12.5. The summed E-state index contributed by atoms with van der Waals surface area (Å²) in [4.78, 5) is 7.70. The lowest BCUT2D eigenvalue weighted by Gasteiger charge is -2.33. The molecule has 2 heterocycles. The zero-order chi connectivity index (χ0) is 13.4. The van der Waals surface area contributed by atoms with Crippen LogP contribution in [-0.4, -0.2) is 28.2 Å². The van der Waals surface area contributed by atoms with Gasteiger partial charge in [0.05, 0.1) is 23.2 Å². The molecule has 1 saturated heterocycles. The van der Waals surface area contributed by atoms with Crippen LogP contribution >= 0.6 is 0 Å². The fourth-order valence-corrected chi connectivity index (χ4v) is 2.99. The van der Waals surface area contributed by atoms with Gasteiger partial charge in [-0.3, -0.25) is 0 Å². The highest BCUT2D eigenvalue weighted by molar-refractivity contribution is 5.79. The number of aromatic amines is 1. The Morgan fingerprint density at radius 2 is 2.00 bits per heavy atom. The number of hydrogen-bond acceptors (Lipinski definition) is 3. The largest absolute Gasteiger partial charge is 0.382 e. The monoisotopic (exact) mass is 259 g/mol. The number of imidazole rings is 1. The average Bonchev–Trinajstić information content (AvgIpc) is 2.67. The second-order valence-corrected chi connectivity index (χ2v) is 5.62. The highest BCUT2D eigenvalue weighted by Crippen LogP contribution is 2.24. The molecule has 19 heavy (non-hydrogen) atoms. The number of nitrogens with zero attached hydrogens (tertiary/aromatic N) is 1. The molecule has 0 bridgehead atoms. The first-order chi connectivity index (χ1) is 9.10. The van der Waals surface area contributed by atoms with Crippen LogP contribution in [0.2, 0.25) is 0 Å². The van der Waals surface area contributed by atoms with E-state index in [1.54, 1.807) is 0 Å². The highest BCUT2D eigenvalue weighted by Gasteiger charge is 2.24. The van der Waals surface area contributed by atoms with Crippen molar-refractivity contribution in [2.75, 3.05) is 5.32 Å². The van der Waals surface area contributed by atoms with Crippen LogP contribution in [0.3, 0.4) is 0 Å². The standard InChI is InChI=1S/C15H21N3O/c1-9-6-13(7-10(2)19-9)18-12-4-5-14-15(8-12)17-11(3)16-14/h4-5,8-10,13,18H,6-7H2,1-3H3,(H,16,17). The summed E-state index contributed by atoms with van der Waals surface area (Å²) in [5, 5.41) is 3.62. The first-order valence-electron chi connectivity index (χ1n) is 6.98. The molecule has 0 radical (unpaired) electrons. The minimum absolute atomic E-state index is 0.333. The van der Waals surface area contributed by atoms with Gasteiger partial charge < -0.3 is 15.0 Å². The fourth-order valence-electron chi connectivity index (χ4n) is 2.99. The maximum absolute atomic E-state index is 5.77. The van der Waals surface area contributed by atoms with Gasteiger partial charge >= 0.3 is 0 Å². The Balaban J connectivity index is 1.77. The molecule has 0 aliphatic carbocycles. The van der Waals surface area contributed by atoms with Gasteiger partial charge in [0.25, 0.3) is 0 Å². The molecule has 0 spiro atoms. The van der Waals surface area contributed by atoms with E-state index in [2.05, 4.69) is 47.3 Å². The summed E-state index contributed by atoms with van der Waals surface area (Å²) in [6, 6.07) is 6.79. The second-order valence-electron chi connectivity index (χ2n) is 5.62. The van der Waals surface area contributed by atoms with Crippen LogP contribution in [0.1, 0.15) is 32.5 Å². The second kappa shape index (κ2) is 4.85. The Kier molecular flexibility index (Phi) is 3.19. The Morgan fingerprint density at radius 3 is 2.74 bits per heavy atom. The number of fused-ring (bicyclic) bond motifs is 1. The van der Waals surface area contributed by atoms with Crippen LogP contribution in [-0.2, 0) is 4.74 Å². The third-order valence-corrected chi connectivity index (χ3v) is 3.67. The van der Waals surface area contributed by atoms with Crippen LogP contribution in [0.4, 0.5) is 5.69 Å². The third-order valence-electron chi connectivity index (χ3n) is 3.67. The van der Waals surface area contributed by atoms with Crippen molar-refractivity contribution in [3.63, 3.8) is 0 Å². The topological polar surface area (TPSA) is 49.9 Å². The quantitative estimate of drug-likeness (QED) is 0.870. The van der Waals surface area contributed by atoms with Crippen LogP contribution in [0, 0.1) is 6.92 Å². The molecule has 4 heteroatoms. The predicted octanol–water partition coefficient (Wildman–Crippen LogP) is 3.24. The third kappa shape index (κ3) is 2.73. The number of nitrogens with one attached hydrogen (secondary N) is 2. The van der Waals surface area contributed by atoms with Crippen LogP contribution in [0.25, 0.3) is 11.0 Å². The van der Waals surface area contributed by atoms with Gasteiger partial charge in [0, 0.05) is 11.7 Å². The maximum atomic E-state index is 5.77. The number of rotatable bonds is 2. The SMILES string of the molecule is Cc1nc2ccc(NC3CC(C)OC(C)C3)cc2[nH]1. The lowest BCUT2D eigenvalue weighted by Crippen LogP contribution is -2.36. The minimum Gasteiger partial charge on any atom is -0.382 e. The van der Waals surface area contributed by atoms with E-state index in [-0.39, 0.29) is 0 Å². The van der Waals surface area contributed by atoms with E-state index in [0.717, 1.165) is 35.4 Å². The minimum atomic E-state index is 0.333. The summed E-state index contributed by atoms with van der Waals surface area (Å²) in [5.74, 6) is 0.959. The predicted molar refractivity (Wildman–Crippen MR) is 77.5 cm³/mol. The smallest absolute Gasteiger partial charge is 0.104 e. The van der Waals surface area contributed by atoms with E-state index in [0.29, 0.717) is 18.2 Å². The van der Waals surface area contributed by atoms with Gasteiger partial charge in [0.1, 0.15) is 5.82 Å². The molecule has 3 rings (SSSR count). The van der Waals surface area contributed by atoms with Crippen molar-refractivity contribution in [1.82, 2.24) is 9.97 Å². The van der Waals surface area contributed by atoms with Crippen molar-refractivity contribution in [1.29, 1.82) is 0 Å². The van der Waals surface area contributed by atoms with Gasteiger partial charge in [-0.2, -0.15) is 0 Å². The Morgan fingerprint density at radius 1 is 1.26 bits per heavy atom. The molecule has 1 aromatic heterocycles. The Bertz CT molecular complexity index is 568. The highest BCUT2D eigenvalue weighted by atomic mass is 16.5. The summed E-state index contributed by atoms with van der Waals surface area (Å²) >= 11 is 0. The molecule has 2 atom stereocenters. The average molecular weight is 259 g/mol. The van der Waals surface area contributed by atoms with Crippen molar-refractivity contribution >= 4 is 16.7 Å². The number of anilines is 1. The molecule has 2 unspecified atom stereocenters. The van der Waals surface area contributed by atoms with Gasteiger partial charge in [0.15, 0.2) is 0 Å². The van der Waals surface area contributed by atoms with Gasteiger partial charge in [-0.25, -0.2) is 4.98 Å². The molecule has 0 saturated carbocycles. The number of H-pyrrole nitrogens is 1. The number of hydrogen-bond donors (Lipinski definition) is 2. The van der Waals surface area contributed by atoms with Crippen molar-refractivity contribution < 1.29 is 4.74 Å². The van der Waals surface area contributed by atoms with E-state index >= 15 is 0 Å². The summed E-state index contributed by atoms with van der Waals surface area (Å²) in [6.07, 6.45) is 2.79. The molecule has 1 aliphatic rings. The number of aromatic nitrogens is 2. The van der Waals surface area contributed by atoms with Gasteiger partial charge in [0.2, 0.25) is 0 Å². The molecule has 2 N–H and O–H groups in total. The van der Waals surface area contributed by atoms with E-state index in [1.165, 1.54) is 0 Å². The van der Waals surface area contributed by atoms with Gasteiger partial charge in [-0.05, 0) is 51.8 Å². The van der Waals surface area contributed by atoms with E-state index in [4.69, 9.17) is 4.74 Å². The number of ether oxygens (including phenoxy) is 1.